The van der Waals surface area contributed by atoms with Gasteiger partial charge in [0.1, 0.15) is 5.75 Å². The summed E-state index contributed by atoms with van der Waals surface area (Å²) in [5.41, 5.74) is 1.01. The number of benzene rings is 1. The van der Waals surface area contributed by atoms with Crippen LogP contribution in [0.4, 0.5) is 0 Å². The second-order valence-corrected chi connectivity index (χ2v) is 6.26. The number of halogens is 1. The number of rotatable bonds is 4. The fourth-order valence-electron chi connectivity index (χ4n) is 2.54. The van der Waals surface area contributed by atoms with Crippen molar-refractivity contribution in [3.05, 3.63) is 28.2 Å². The maximum atomic E-state index is 9.89. The Morgan fingerprint density at radius 3 is 2.58 bits per heavy atom. The van der Waals surface area contributed by atoms with Crippen molar-refractivity contribution in [3.63, 3.8) is 0 Å². The molecule has 1 aliphatic rings. The van der Waals surface area contributed by atoms with Crippen molar-refractivity contribution in [1.29, 1.82) is 0 Å². The number of aromatic hydroxyl groups is 1. The highest BCUT2D eigenvalue weighted by Gasteiger charge is 2.20. The monoisotopic (exact) mass is 326 g/mol. The molecule has 2 rings (SSSR count). The molecule has 3 nitrogen and oxygen atoms in total. The van der Waals surface area contributed by atoms with Crippen molar-refractivity contribution in [2.75, 3.05) is 26.2 Å². The largest absolute Gasteiger partial charge is 0.508 e. The van der Waals surface area contributed by atoms with Gasteiger partial charge in [-0.3, -0.25) is 9.80 Å². The molecule has 0 aliphatic carbocycles. The molecule has 1 aromatic rings. The van der Waals surface area contributed by atoms with Crippen LogP contribution >= 0.6 is 15.9 Å². The zero-order valence-corrected chi connectivity index (χ0v) is 13.4. The van der Waals surface area contributed by atoms with Gasteiger partial charge in [0.05, 0.1) is 0 Å². The molecule has 1 heterocycles. The maximum absolute atomic E-state index is 9.89. The molecule has 1 fully saturated rings. The van der Waals surface area contributed by atoms with E-state index in [2.05, 4.69) is 39.6 Å². The van der Waals surface area contributed by atoms with Crippen LogP contribution in [0.5, 0.6) is 5.75 Å². The summed E-state index contributed by atoms with van der Waals surface area (Å²) in [7, 11) is 0. The van der Waals surface area contributed by atoms with Crippen LogP contribution in [0, 0.1) is 0 Å². The van der Waals surface area contributed by atoms with E-state index in [-0.39, 0.29) is 0 Å². The highest BCUT2D eigenvalue weighted by atomic mass is 79.9. The molecule has 1 N–H and O–H groups in total. The van der Waals surface area contributed by atoms with Crippen LogP contribution in [0.15, 0.2) is 22.7 Å². The summed E-state index contributed by atoms with van der Waals surface area (Å²) in [4.78, 5) is 4.97. The van der Waals surface area contributed by atoms with Crippen LogP contribution < -0.4 is 0 Å². The molecule has 0 bridgehead atoms. The Morgan fingerprint density at radius 1 is 1.26 bits per heavy atom. The van der Waals surface area contributed by atoms with E-state index in [0.717, 1.165) is 42.8 Å². The average molecular weight is 327 g/mol. The number of nitrogens with zero attached hydrogens (tertiary/aromatic N) is 2. The van der Waals surface area contributed by atoms with E-state index in [9.17, 15) is 5.11 Å². The Kier molecular flexibility index (Phi) is 5.25. The predicted molar refractivity (Wildman–Crippen MR) is 82.4 cm³/mol. The van der Waals surface area contributed by atoms with Crippen molar-refractivity contribution in [2.45, 2.75) is 32.9 Å². The van der Waals surface area contributed by atoms with Crippen molar-refractivity contribution in [3.8, 4) is 5.75 Å². The lowest BCUT2D eigenvalue weighted by Crippen LogP contribution is -2.48. The van der Waals surface area contributed by atoms with Crippen LogP contribution in [0.2, 0.25) is 0 Å². The zero-order chi connectivity index (χ0) is 13.8. The summed E-state index contributed by atoms with van der Waals surface area (Å²) in [5.74, 6) is 0.396. The second kappa shape index (κ2) is 6.73. The van der Waals surface area contributed by atoms with Gasteiger partial charge in [-0.05, 0) is 31.5 Å². The molecule has 0 radical (unpaired) electrons. The summed E-state index contributed by atoms with van der Waals surface area (Å²) in [6.45, 7) is 9.80. The topological polar surface area (TPSA) is 26.7 Å². The number of phenols is 1. The van der Waals surface area contributed by atoms with Gasteiger partial charge in [-0.1, -0.05) is 22.9 Å². The molecular weight excluding hydrogens is 304 g/mol. The number of piperazine rings is 1. The summed E-state index contributed by atoms with van der Waals surface area (Å²) < 4.78 is 1.03. The third kappa shape index (κ3) is 3.94. The quantitative estimate of drug-likeness (QED) is 0.921. The van der Waals surface area contributed by atoms with E-state index in [0.29, 0.717) is 11.8 Å². The van der Waals surface area contributed by atoms with E-state index >= 15 is 0 Å². The van der Waals surface area contributed by atoms with E-state index in [1.54, 1.807) is 6.07 Å². The number of hydrogen-bond donors (Lipinski definition) is 1. The van der Waals surface area contributed by atoms with E-state index in [1.807, 2.05) is 12.1 Å². The number of phenolic OH excluding ortho intramolecular Hbond substituents is 1. The van der Waals surface area contributed by atoms with Crippen molar-refractivity contribution in [2.24, 2.45) is 0 Å². The molecule has 4 heteroatoms. The first-order valence-electron chi connectivity index (χ1n) is 7.04. The highest BCUT2D eigenvalue weighted by molar-refractivity contribution is 9.10. The van der Waals surface area contributed by atoms with Gasteiger partial charge in [0.2, 0.25) is 0 Å². The van der Waals surface area contributed by atoms with Gasteiger partial charge in [-0.2, -0.15) is 0 Å². The first kappa shape index (κ1) is 14.8. The van der Waals surface area contributed by atoms with Crippen LogP contribution in [-0.2, 0) is 6.54 Å². The van der Waals surface area contributed by atoms with Gasteiger partial charge in [0, 0.05) is 48.8 Å². The van der Waals surface area contributed by atoms with Crippen LogP contribution in [0.25, 0.3) is 0 Å². The third-order valence-electron chi connectivity index (χ3n) is 4.06. The third-order valence-corrected chi connectivity index (χ3v) is 4.55. The van der Waals surface area contributed by atoms with Gasteiger partial charge in [0.25, 0.3) is 0 Å². The van der Waals surface area contributed by atoms with E-state index < -0.39 is 0 Å². The number of hydrogen-bond acceptors (Lipinski definition) is 3. The molecular formula is C15H23BrN2O. The standard InChI is InChI=1S/C15H23BrN2O/c1-3-12(2)18-8-6-17(7-9-18)11-13-10-14(16)4-5-15(13)19/h4-5,10,12,19H,3,6-9,11H2,1-2H3. The van der Waals surface area contributed by atoms with Crippen LogP contribution in [0.3, 0.4) is 0 Å². The summed E-state index contributed by atoms with van der Waals surface area (Å²) >= 11 is 3.46. The lowest BCUT2D eigenvalue weighted by atomic mass is 10.1. The first-order valence-corrected chi connectivity index (χ1v) is 7.83. The van der Waals surface area contributed by atoms with Gasteiger partial charge >= 0.3 is 0 Å². The van der Waals surface area contributed by atoms with Gasteiger partial charge in [0.15, 0.2) is 0 Å². The predicted octanol–water partition coefficient (Wildman–Crippen LogP) is 3.07. The van der Waals surface area contributed by atoms with Crippen LogP contribution in [-0.4, -0.2) is 47.1 Å². The maximum Gasteiger partial charge on any atom is 0.120 e. The molecule has 0 spiro atoms. The Balaban J connectivity index is 1.90. The highest BCUT2D eigenvalue weighted by Crippen LogP contribution is 2.23. The molecule has 1 unspecified atom stereocenters. The molecule has 1 aliphatic heterocycles. The smallest absolute Gasteiger partial charge is 0.120 e. The minimum Gasteiger partial charge on any atom is -0.508 e. The zero-order valence-electron chi connectivity index (χ0n) is 11.8. The first-order chi connectivity index (χ1) is 9.10. The summed E-state index contributed by atoms with van der Waals surface area (Å²) in [6, 6.07) is 6.33. The van der Waals surface area contributed by atoms with E-state index in [4.69, 9.17) is 0 Å². The molecule has 1 saturated heterocycles. The Hall–Kier alpha value is -0.580. The molecule has 19 heavy (non-hydrogen) atoms. The average Bonchev–Trinajstić information content (AvgIpc) is 2.43. The van der Waals surface area contributed by atoms with Crippen molar-refractivity contribution in [1.82, 2.24) is 9.80 Å². The van der Waals surface area contributed by atoms with E-state index in [1.165, 1.54) is 6.42 Å². The van der Waals surface area contributed by atoms with Gasteiger partial charge in [-0.15, -0.1) is 0 Å². The molecule has 0 aromatic heterocycles. The Bertz CT molecular complexity index is 417. The Morgan fingerprint density at radius 2 is 1.95 bits per heavy atom. The minimum absolute atomic E-state index is 0.396. The van der Waals surface area contributed by atoms with Crippen LogP contribution in [0.1, 0.15) is 25.8 Å². The second-order valence-electron chi connectivity index (χ2n) is 5.34. The van der Waals surface area contributed by atoms with Crippen molar-refractivity contribution < 1.29 is 5.11 Å². The van der Waals surface area contributed by atoms with Crippen molar-refractivity contribution >= 4 is 15.9 Å². The molecule has 1 aromatic carbocycles. The Labute approximate surface area is 124 Å². The fraction of sp³-hybridized carbons (Fsp3) is 0.600. The normalized spacial score (nSPS) is 19.5. The molecule has 1 atom stereocenters. The minimum atomic E-state index is 0.396. The summed E-state index contributed by atoms with van der Waals surface area (Å²) in [5, 5.41) is 9.89. The SMILES string of the molecule is CCC(C)N1CCN(Cc2cc(Br)ccc2O)CC1. The van der Waals surface area contributed by atoms with Gasteiger partial charge in [-0.25, -0.2) is 0 Å². The lowest BCUT2D eigenvalue weighted by molar-refractivity contribution is 0.0958. The fourth-order valence-corrected chi connectivity index (χ4v) is 2.95. The molecule has 0 saturated carbocycles. The lowest BCUT2D eigenvalue weighted by Gasteiger charge is -2.37. The van der Waals surface area contributed by atoms with Gasteiger partial charge < -0.3 is 5.11 Å². The molecule has 106 valence electrons. The summed E-state index contributed by atoms with van der Waals surface area (Å²) in [6.07, 6.45) is 1.21. The molecule has 0 amide bonds.